The highest BCUT2D eigenvalue weighted by atomic mass is 16.4. The first-order valence-corrected chi connectivity index (χ1v) is 6.98. The molecule has 1 aromatic heterocycles. The minimum atomic E-state index is -1.01. The van der Waals surface area contributed by atoms with Crippen molar-refractivity contribution in [2.45, 2.75) is 32.2 Å². The van der Waals surface area contributed by atoms with Gasteiger partial charge in [0.05, 0.1) is 11.9 Å². The molecular formula is C17H20N2O2. The Balaban J connectivity index is 1.95. The Morgan fingerprint density at radius 2 is 1.90 bits per heavy atom. The molecule has 0 saturated carbocycles. The molecule has 2 rings (SSSR count). The number of anilines is 1. The van der Waals surface area contributed by atoms with Gasteiger partial charge in [-0.15, -0.1) is 0 Å². The number of hydrogen-bond acceptors (Lipinski definition) is 3. The molecule has 0 fully saturated rings. The van der Waals surface area contributed by atoms with Gasteiger partial charge < -0.3 is 10.4 Å². The van der Waals surface area contributed by atoms with Crippen LogP contribution in [0.5, 0.6) is 0 Å². The number of aromatic carboxylic acids is 1. The van der Waals surface area contributed by atoms with E-state index in [1.807, 2.05) is 18.2 Å². The molecule has 0 aliphatic carbocycles. The van der Waals surface area contributed by atoms with Crippen LogP contribution in [-0.2, 0) is 6.42 Å². The smallest absolute Gasteiger partial charge is 0.354 e. The van der Waals surface area contributed by atoms with Crippen LogP contribution in [0.1, 0.15) is 36.3 Å². The lowest BCUT2D eigenvalue weighted by Gasteiger charge is -2.27. The summed E-state index contributed by atoms with van der Waals surface area (Å²) >= 11 is 0. The van der Waals surface area contributed by atoms with Crippen LogP contribution in [-0.4, -0.2) is 21.6 Å². The van der Waals surface area contributed by atoms with Crippen LogP contribution in [0.2, 0.25) is 0 Å². The van der Waals surface area contributed by atoms with Gasteiger partial charge >= 0.3 is 5.97 Å². The zero-order chi connectivity index (χ0) is 15.3. The molecule has 2 N–H and O–H groups in total. The van der Waals surface area contributed by atoms with E-state index in [1.54, 1.807) is 12.3 Å². The lowest BCUT2D eigenvalue weighted by Crippen LogP contribution is -2.31. The molecule has 0 atom stereocenters. The molecule has 2 aromatic rings. The average Bonchev–Trinajstić information content (AvgIpc) is 2.46. The molecule has 0 aliphatic heterocycles. The molecule has 0 radical (unpaired) electrons. The van der Waals surface area contributed by atoms with E-state index in [-0.39, 0.29) is 11.2 Å². The van der Waals surface area contributed by atoms with Crippen molar-refractivity contribution in [3.05, 3.63) is 59.9 Å². The second-order valence-electron chi connectivity index (χ2n) is 5.73. The maximum absolute atomic E-state index is 10.8. The first-order valence-electron chi connectivity index (χ1n) is 6.98. The van der Waals surface area contributed by atoms with Gasteiger partial charge in [-0.1, -0.05) is 30.3 Å². The van der Waals surface area contributed by atoms with E-state index in [1.165, 1.54) is 11.6 Å². The van der Waals surface area contributed by atoms with Crippen molar-refractivity contribution >= 4 is 11.7 Å². The molecule has 110 valence electrons. The Morgan fingerprint density at radius 3 is 2.48 bits per heavy atom. The third-order valence-electron chi connectivity index (χ3n) is 3.35. The molecule has 0 unspecified atom stereocenters. The summed E-state index contributed by atoms with van der Waals surface area (Å²) in [4.78, 5) is 14.7. The number of hydrogen-bond donors (Lipinski definition) is 2. The van der Waals surface area contributed by atoms with Gasteiger partial charge in [-0.2, -0.15) is 0 Å². The fourth-order valence-electron chi connectivity index (χ4n) is 2.15. The Kier molecular flexibility index (Phi) is 4.58. The van der Waals surface area contributed by atoms with Crippen LogP contribution in [0, 0.1) is 0 Å². The van der Waals surface area contributed by atoms with Gasteiger partial charge in [-0.25, -0.2) is 9.78 Å². The van der Waals surface area contributed by atoms with E-state index >= 15 is 0 Å². The summed E-state index contributed by atoms with van der Waals surface area (Å²) in [5, 5.41) is 12.2. The van der Waals surface area contributed by atoms with Crippen molar-refractivity contribution < 1.29 is 9.90 Å². The van der Waals surface area contributed by atoms with Crippen molar-refractivity contribution in [3.8, 4) is 0 Å². The standard InChI is InChI=1S/C17H20N2O2/c1-17(2,11-10-13-6-4-3-5-7-13)19-14-8-9-15(16(20)21)18-12-14/h3-9,12,19H,10-11H2,1-2H3,(H,20,21). The lowest BCUT2D eigenvalue weighted by atomic mass is 9.95. The van der Waals surface area contributed by atoms with E-state index in [0.29, 0.717) is 0 Å². The predicted octanol–water partition coefficient (Wildman–Crippen LogP) is 3.60. The number of carboxylic acid groups (broad SMARTS) is 1. The van der Waals surface area contributed by atoms with E-state index in [9.17, 15) is 4.79 Å². The second-order valence-corrected chi connectivity index (χ2v) is 5.73. The van der Waals surface area contributed by atoms with Gasteiger partial charge in [0.25, 0.3) is 0 Å². The number of aromatic nitrogens is 1. The number of nitrogens with one attached hydrogen (secondary N) is 1. The summed E-state index contributed by atoms with van der Waals surface area (Å²) in [6.45, 7) is 4.25. The van der Waals surface area contributed by atoms with E-state index in [0.717, 1.165) is 18.5 Å². The molecule has 4 heteroatoms. The van der Waals surface area contributed by atoms with Crippen LogP contribution in [0.25, 0.3) is 0 Å². The van der Waals surface area contributed by atoms with Crippen molar-refractivity contribution in [1.29, 1.82) is 0 Å². The van der Waals surface area contributed by atoms with Gasteiger partial charge in [-0.3, -0.25) is 0 Å². The molecular weight excluding hydrogens is 264 g/mol. The van der Waals surface area contributed by atoms with E-state index in [4.69, 9.17) is 5.11 Å². The van der Waals surface area contributed by atoms with Crippen LogP contribution >= 0.6 is 0 Å². The highest BCUT2D eigenvalue weighted by Gasteiger charge is 2.17. The average molecular weight is 284 g/mol. The number of nitrogens with zero attached hydrogens (tertiary/aromatic N) is 1. The Bertz CT molecular complexity index is 592. The van der Waals surface area contributed by atoms with E-state index < -0.39 is 5.97 Å². The highest BCUT2D eigenvalue weighted by Crippen LogP contribution is 2.20. The number of carbonyl (C=O) groups is 1. The molecule has 1 heterocycles. The molecule has 0 aliphatic rings. The largest absolute Gasteiger partial charge is 0.477 e. The lowest BCUT2D eigenvalue weighted by molar-refractivity contribution is 0.0690. The summed E-state index contributed by atoms with van der Waals surface area (Å²) in [5.41, 5.74) is 2.11. The second kappa shape index (κ2) is 6.39. The quantitative estimate of drug-likeness (QED) is 0.850. The van der Waals surface area contributed by atoms with Gasteiger partial charge in [0.15, 0.2) is 0 Å². The molecule has 0 bridgehead atoms. The number of rotatable bonds is 6. The van der Waals surface area contributed by atoms with Crippen molar-refractivity contribution in [2.24, 2.45) is 0 Å². The first kappa shape index (κ1) is 15.0. The Labute approximate surface area is 124 Å². The summed E-state index contributed by atoms with van der Waals surface area (Å²) < 4.78 is 0. The van der Waals surface area contributed by atoms with Crippen molar-refractivity contribution in [2.75, 3.05) is 5.32 Å². The van der Waals surface area contributed by atoms with Gasteiger partial charge in [0.1, 0.15) is 5.69 Å². The zero-order valence-corrected chi connectivity index (χ0v) is 12.3. The molecule has 4 nitrogen and oxygen atoms in total. The van der Waals surface area contributed by atoms with Crippen molar-refractivity contribution in [3.63, 3.8) is 0 Å². The zero-order valence-electron chi connectivity index (χ0n) is 12.3. The Morgan fingerprint density at radius 1 is 1.19 bits per heavy atom. The summed E-state index contributed by atoms with van der Waals surface area (Å²) in [5.74, 6) is -1.01. The minimum Gasteiger partial charge on any atom is -0.477 e. The fourth-order valence-corrected chi connectivity index (χ4v) is 2.15. The van der Waals surface area contributed by atoms with Crippen LogP contribution < -0.4 is 5.32 Å². The third kappa shape index (κ3) is 4.60. The highest BCUT2D eigenvalue weighted by molar-refractivity contribution is 5.85. The normalized spacial score (nSPS) is 11.1. The van der Waals surface area contributed by atoms with Gasteiger partial charge in [0.2, 0.25) is 0 Å². The summed E-state index contributed by atoms with van der Waals surface area (Å²) in [7, 11) is 0. The molecule has 0 amide bonds. The summed E-state index contributed by atoms with van der Waals surface area (Å²) in [6, 6.07) is 13.6. The maximum atomic E-state index is 10.8. The predicted molar refractivity (Wildman–Crippen MR) is 83.7 cm³/mol. The van der Waals surface area contributed by atoms with Gasteiger partial charge in [-0.05, 0) is 44.4 Å². The molecule has 0 saturated heterocycles. The van der Waals surface area contributed by atoms with E-state index in [2.05, 4.69) is 36.3 Å². The van der Waals surface area contributed by atoms with Crippen LogP contribution in [0.3, 0.4) is 0 Å². The molecule has 1 aromatic carbocycles. The first-order chi connectivity index (χ1) is 9.96. The molecule has 0 spiro atoms. The SMILES string of the molecule is CC(C)(CCc1ccccc1)Nc1ccc(C(=O)O)nc1. The number of benzene rings is 1. The number of aryl methyl sites for hydroxylation is 1. The number of carboxylic acids is 1. The molecule has 21 heavy (non-hydrogen) atoms. The third-order valence-corrected chi connectivity index (χ3v) is 3.35. The minimum absolute atomic E-state index is 0.0580. The topological polar surface area (TPSA) is 62.2 Å². The number of pyridine rings is 1. The van der Waals surface area contributed by atoms with Crippen molar-refractivity contribution in [1.82, 2.24) is 4.98 Å². The summed E-state index contributed by atoms with van der Waals surface area (Å²) in [6.07, 6.45) is 3.52. The monoisotopic (exact) mass is 284 g/mol. The van der Waals surface area contributed by atoms with Crippen LogP contribution in [0.15, 0.2) is 48.7 Å². The Hall–Kier alpha value is -2.36. The van der Waals surface area contributed by atoms with Gasteiger partial charge in [0, 0.05) is 5.54 Å². The fraction of sp³-hybridized carbons (Fsp3) is 0.294. The maximum Gasteiger partial charge on any atom is 0.354 e. The van der Waals surface area contributed by atoms with Crippen LogP contribution in [0.4, 0.5) is 5.69 Å².